The molecular weight excluding hydrogens is 262 g/mol. The van der Waals surface area contributed by atoms with E-state index in [1.165, 1.54) is 0 Å². The molecule has 0 amide bonds. The fraction of sp³-hybridized carbons (Fsp3) is 0.571. The summed E-state index contributed by atoms with van der Waals surface area (Å²) in [4.78, 5) is 0. The first-order valence-electron chi connectivity index (χ1n) is 6.38. The monoisotopic (exact) mass is 285 g/mol. The second-order valence-electron chi connectivity index (χ2n) is 6.03. The van der Waals surface area contributed by atoms with Crippen molar-refractivity contribution in [3.8, 4) is 0 Å². The highest BCUT2D eigenvalue weighted by Crippen LogP contribution is 2.21. The van der Waals surface area contributed by atoms with E-state index < -0.39 is 16.1 Å². The van der Waals surface area contributed by atoms with Gasteiger partial charge in [0.1, 0.15) is 0 Å². The van der Waals surface area contributed by atoms with Crippen LogP contribution in [0, 0.1) is 5.41 Å². The Morgan fingerprint density at radius 3 is 2.47 bits per heavy atom. The highest BCUT2D eigenvalue weighted by molar-refractivity contribution is 7.92. The maximum absolute atomic E-state index is 12.0. The molecule has 0 aliphatic heterocycles. The molecule has 19 heavy (non-hydrogen) atoms. The molecule has 0 heterocycles. The van der Waals surface area contributed by atoms with Crippen LogP contribution in [-0.4, -0.2) is 19.3 Å². The normalized spacial score (nSPS) is 14.2. The Labute approximate surface area is 115 Å². The van der Waals surface area contributed by atoms with E-state index in [1.54, 1.807) is 31.2 Å². The van der Waals surface area contributed by atoms with Crippen molar-refractivity contribution in [2.75, 3.05) is 10.5 Å². The van der Waals surface area contributed by atoms with Gasteiger partial charge in [-0.2, -0.15) is 0 Å². The Morgan fingerprint density at radius 1 is 1.32 bits per heavy atom. The Morgan fingerprint density at radius 2 is 1.95 bits per heavy atom. The van der Waals surface area contributed by atoms with Crippen LogP contribution in [-0.2, 0) is 10.0 Å². The van der Waals surface area contributed by atoms with Gasteiger partial charge in [-0.1, -0.05) is 32.9 Å². The van der Waals surface area contributed by atoms with Gasteiger partial charge < -0.3 is 5.11 Å². The van der Waals surface area contributed by atoms with Crippen molar-refractivity contribution in [3.63, 3.8) is 0 Å². The smallest absolute Gasteiger partial charge is 0.232 e. The van der Waals surface area contributed by atoms with Gasteiger partial charge in [0.15, 0.2) is 0 Å². The number of sulfonamides is 1. The molecule has 0 aliphatic rings. The molecule has 0 saturated heterocycles. The largest absolute Gasteiger partial charge is 0.389 e. The van der Waals surface area contributed by atoms with E-state index in [-0.39, 0.29) is 11.2 Å². The third-order valence-corrected chi connectivity index (χ3v) is 4.05. The zero-order valence-corrected chi connectivity index (χ0v) is 12.8. The summed E-state index contributed by atoms with van der Waals surface area (Å²) in [5.74, 6) is 0.0927. The minimum Gasteiger partial charge on any atom is -0.389 e. The van der Waals surface area contributed by atoms with Crippen molar-refractivity contribution in [3.05, 3.63) is 29.8 Å². The molecule has 1 aromatic carbocycles. The molecule has 1 atom stereocenters. The van der Waals surface area contributed by atoms with Gasteiger partial charge in [0.05, 0.1) is 11.9 Å². The van der Waals surface area contributed by atoms with Gasteiger partial charge in [-0.15, -0.1) is 0 Å². The van der Waals surface area contributed by atoms with Crippen molar-refractivity contribution >= 4 is 15.7 Å². The fourth-order valence-corrected chi connectivity index (χ4v) is 3.00. The molecule has 1 aromatic rings. The van der Waals surface area contributed by atoms with Crippen molar-refractivity contribution in [1.29, 1.82) is 0 Å². The number of aliphatic hydroxyl groups is 1. The van der Waals surface area contributed by atoms with Crippen LogP contribution in [0.25, 0.3) is 0 Å². The average Bonchev–Trinajstić information content (AvgIpc) is 2.25. The quantitative estimate of drug-likeness (QED) is 0.874. The van der Waals surface area contributed by atoms with E-state index in [1.807, 2.05) is 20.8 Å². The van der Waals surface area contributed by atoms with Crippen LogP contribution in [0.3, 0.4) is 0 Å². The molecule has 1 rings (SSSR count). The predicted molar refractivity (Wildman–Crippen MR) is 78.6 cm³/mol. The Hall–Kier alpha value is -1.07. The standard InChI is InChI=1S/C14H23NO3S/c1-11(16)12-6-5-7-13(10-12)15-19(17,18)9-8-14(2,3)4/h5-7,10-11,15-16H,8-9H2,1-4H3. The summed E-state index contributed by atoms with van der Waals surface area (Å²) in [5, 5.41) is 9.48. The minimum atomic E-state index is -3.34. The van der Waals surface area contributed by atoms with Crippen molar-refractivity contribution < 1.29 is 13.5 Å². The minimum absolute atomic E-state index is 0.0176. The topological polar surface area (TPSA) is 66.4 Å². The maximum atomic E-state index is 12.0. The lowest BCUT2D eigenvalue weighted by atomic mass is 9.94. The van der Waals surface area contributed by atoms with E-state index in [0.717, 1.165) is 0 Å². The van der Waals surface area contributed by atoms with E-state index in [2.05, 4.69) is 4.72 Å². The molecule has 1 unspecified atom stereocenters. The number of aliphatic hydroxyl groups excluding tert-OH is 1. The number of anilines is 1. The van der Waals surface area contributed by atoms with Gasteiger partial charge in [0.2, 0.25) is 10.0 Å². The van der Waals surface area contributed by atoms with Crippen LogP contribution < -0.4 is 4.72 Å². The second kappa shape index (κ2) is 5.92. The maximum Gasteiger partial charge on any atom is 0.232 e. The van der Waals surface area contributed by atoms with Crippen LogP contribution in [0.5, 0.6) is 0 Å². The number of benzene rings is 1. The first kappa shape index (κ1) is 16.0. The zero-order valence-electron chi connectivity index (χ0n) is 12.0. The molecule has 5 heteroatoms. The number of hydrogen-bond acceptors (Lipinski definition) is 3. The molecule has 2 N–H and O–H groups in total. The molecule has 0 radical (unpaired) electrons. The lowest BCUT2D eigenvalue weighted by Crippen LogP contribution is -2.21. The lowest BCUT2D eigenvalue weighted by Gasteiger charge is -2.18. The SMILES string of the molecule is CC(O)c1cccc(NS(=O)(=O)CCC(C)(C)C)c1. The van der Waals surface area contributed by atoms with E-state index >= 15 is 0 Å². The predicted octanol–water partition coefficient (Wildman–Crippen LogP) is 2.92. The van der Waals surface area contributed by atoms with E-state index in [0.29, 0.717) is 17.7 Å². The van der Waals surface area contributed by atoms with Crippen molar-refractivity contribution in [1.82, 2.24) is 0 Å². The van der Waals surface area contributed by atoms with E-state index in [4.69, 9.17) is 0 Å². The van der Waals surface area contributed by atoms with Gasteiger partial charge >= 0.3 is 0 Å². The fourth-order valence-electron chi connectivity index (χ4n) is 1.53. The highest BCUT2D eigenvalue weighted by Gasteiger charge is 2.17. The molecular formula is C14H23NO3S. The molecule has 0 aromatic heterocycles. The molecule has 0 bridgehead atoms. The van der Waals surface area contributed by atoms with Crippen molar-refractivity contribution in [2.45, 2.75) is 40.2 Å². The second-order valence-corrected chi connectivity index (χ2v) is 7.87. The van der Waals surface area contributed by atoms with E-state index in [9.17, 15) is 13.5 Å². The molecule has 0 aliphatic carbocycles. The van der Waals surface area contributed by atoms with Crippen LogP contribution in [0.15, 0.2) is 24.3 Å². The third-order valence-electron chi connectivity index (χ3n) is 2.76. The summed E-state index contributed by atoms with van der Waals surface area (Å²) in [6.07, 6.45) is -0.0163. The summed E-state index contributed by atoms with van der Waals surface area (Å²) in [5.41, 5.74) is 1.17. The van der Waals surface area contributed by atoms with Crippen molar-refractivity contribution in [2.24, 2.45) is 5.41 Å². The molecule has 0 fully saturated rings. The Kier molecular flexibility index (Phi) is 4.98. The summed E-state index contributed by atoms with van der Waals surface area (Å²) >= 11 is 0. The average molecular weight is 285 g/mol. The molecule has 108 valence electrons. The number of rotatable bonds is 5. The van der Waals surface area contributed by atoms with Crippen LogP contribution in [0.4, 0.5) is 5.69 Å². The summed E-state index contributed by atoms with van der Waals surface area (Å²) in [7, 11) is -3.34. The van der Waals surface area contributed by atoms with Gasteiger partial charge in [-0.05, 0) is 36.5 Å². The number of hydrogen-bond donors (Lipinski definition) is 2. The molecule has 0 saturated carbocycles. The number of nitrogens with one attached hydrogen (secondary N) is 1. The summed E-state index contributed by atoms with van der Waals surface area (Å²) in [6, 6.07) is 6.82. The Balaban J connectivity index is 2.75. The molecule has 0 spiro atoms. The third kappa shape index (κ3) is 6.07. The van der Waals surface area contributed by atoms with Crippen LogP contribution >= 0.6 is 0 Å². The summed E-state index contributed by atoms with van der Waals surface area (Å²) in [6.45, 7) is 7.68. The van der Waals surface area contributed by atoms with Gasteiger partial charge in [0.25, 0.3) is 0 Å². The zero-order chi connectivity index (χ0) is 14.7. The molecule has 4 nitrogen and oxygen atoms in total. The first-order valence-corrected chi connectivity index (χ1v) is 8.03. The van der Waals surface area contributed by atoms with Crippen LogP contribution in [0.2, 0.25) is 0 Å². The lowest BCUT2D eigenvalue weighted by molar-refractivity contribution is 0.199. The highest BCUT2D eigenvalue weighted by atomic mass is 32.2. The first-order chi connectivity index (χ1) is 8.59. The summed E-state index contributed by atoms with van der Waals surface area (Å²) < 4.78 is 26.5. The van der Waals surface area contributed by atoms with Gasteiger partial charge in [-0.25, -0.2) is 8.42 Å². The van der Waals surface area contributed by atoms with Crippen LogP contribution in [0.1, 0.15) is 45.8 Å². The van der Waals surface area contributed by atoms with Gasteiger partial charge in [0, 0.05) is 5.69 Å². The Bertz CT molecular complexity index is 516. The van der Waals surface area contributed by atoms with Gasteiger partial charge in [-0.3, -0.25) is 4.72 Å².